The van der Waals surface area contributed by atoms with Crippen molar-refractivity contribution in [2.45, 2.75) is 51.0 Å². The van der Waals surface area contributed by atoms with E-state index in [-0.39, 0.29) is 10.4 Å². The molecule has 1 fully saturated rings. The minimum Gasteiger partial charge on any atom is -0.398 e. The second kappa shape index (κ2) is 4.49. The van der Waals surface area contributed by atoms with Crippen LogP contribution in [0.3, 0.4) is 0 Å². The molecular formula is C14H22N2O2S. The van der Waals surface area contributed by atoms with Crippen LogP contribution in [0, 0.1) is 13.8 Å². The van der Waals surface area contributed by atoms with Crippen LogP contribution in [0.25, 0.3) is 0 Å². The molecule has 0 saturated carbocycles. The van der Waals surface area contributed by atoms with Crippen LogP contribution >= 0.6 is 0 Å². The molecule has 2 N–H and O–H groups in total. The summed E-state index contributed by atoms with van der Waals surface area (Å²) < 4.78 is 27.1. The second-order valence-electron chi connectivity index (χ2n) is 5.97. The van der Waals surface area contributed by atoms with Gasteiger partial charge in [-0.05, 0) is 63.8 Å². The largest absolute Gasteiger partial charge is 0.398 e. The van der Waals surface area contributed by atoms with Crippen LogP contribution in [0.2, 0.25) is 0 Å². The molecule has 0 unspecified atom stereocenters. The molecule has 1 aliphatic heterocycles. The van der Waals surface area contributed by atoms with Crippen LogP contribution in [0.1, 0.15) is 37.8 Å². The zero-order valence-electron chi connectivity index (χ0n) is 12.0. The highest BCUT2D eigenvalue weighted by Gasteiger charge is 2.41. The van der Waals surface area contributed by atoms with E-state index in [0.29, 0.717) is 12.2 Å². The highest BCUT2D eigenvalue weighted by Crippen LogP contribution is 2.36. The fourth-order valence-corrected chi connectivity index (χ4v) is 4.71. The highest BCUT2D eigenvalue weighted by atomic mass is 32.2. The summed E-state index contributed by atoms with van der Waals surface area (Å²) in [5.74, 6) is 0. The van der Waals surface area contributed by atoms with Crippen molar-refractivity contribution in [3.8, 4) is 0 Å². The van der Waals surface area contributed by atoms with Crippen molar-refractivity contribution in [1.82, 2.24) is 4.31 Å². The van der Waals surface area contributed by atoms with Gasteiger partial charge >= 0.3 is 0 Å². The number of nitrogens with two attached hydrogens (primary N) is 1. The first-order valence-corrected chi connectivity index (χ1v) is 8.00. The number of sulfonamides is 1. The summed E-state index contributed by atoms with van der Waals surface area (Å²) in [5, 5.41) is 0. The van der Waals surface area contributed by atoms with Gasteiger partial charge in [0, 0.05) is 12.1 Å². The van der Waals surface area contributed by atoms with Crippen LogP contribution in [0.5, 0.6) is 0 Å². The molecule has 1 heterocycles. The Morgan fingerprint density at radius 1 is 1.21 bits per heavy atom. The summed E-state index contributed by atoms with van der Waals surface area (Å²) in [5.41, 5.74) is 7.90. The zero-order chi connectivity index (χ0) is 14.4. The van der Waals surface area contributed by atoms with Gasteiger partial charge in [0.15, 0.2) is 0 Å². The molecule has 1 saturated heterocycles. The molecule has 0 amide bonds. The van der Waals surface area contributed by atoms with E-state index in [1.54, 1.807) is 16.4 Å². The van der Waals surface area contributed by atoms with Gasteiger partial charge in [-0.15, -0.1) is 0 Å². The number of nitrogens with zero attached hydrogens (tertiary/aromatic N) is 1. The van der Waals surface area contributed by atoms with E-state index < -0.39 is 10.0 Å². The first kappa shape index (κ1) is 14.3. The number of anilines is 1. The Morgan fingerprint density at radius 3 is 2.32 bits per heavy atom. The summed E-state index contributed by atoms with van der Waals surface area (Å²) in [6.45, 7) is 8.34. The number of hydrogen-bond acceptors (Lipinski definition) is 3. The molecule has 5 heteroatoms. The van der Waals surface area contributed by atoms with Gasteiger partial charge < -0.3 is 5.73 Å². The molecule has 0 bridgehead atoms. The van der Waals surface area contributed by atoms with E-state index in [1.165, 1.54) is 0 Å². The standard InChI is InChI=1S/C14H22N2O2S/c1-10-8-12(15)13(9-11(10)2)19(17,18)16-7-5-6-14(16,3)4/h8-9H,5-7,15H2,1-4H3. The second-order valence-corrected chi connectivity index (χ2v) is 7.80. The van der Waals surface area contributed by atoms with E-state index >= 15 is 0 Å². The minimum atomic E-state index is -3.51. The van der Waals surface area contributed by atoms with Gasteiger partial charge in [-0.3, -0.25) is 0 Å². The van der Waals surface area contributed by atoms with Crippen LogP contribution in [-0.2, 0) is 10.0 Å². The van der Waals surface area contributed by atoms with Crippen molar-refractivity contribution in [2.75, 3.05) is 12.3 Å². The Balaban J connectivity index is 2.55. The Kier molecular flexibility index (Phi) is 3.39. The van der Waals surface area contributed by atoms with Gasteiger partial charge in [-0.2, -0.15) is 4.31 Å². The molecule has 2 rings (SSSR count). The van der Waals surface area contributed by atoms with Crippen LogP contribution < -0.4 is 5.73 Å². The normalized spacial score (nSPS) is 19.8. The van der Waals surface area contributed by atoms with Crippen molar-refractivity contribution in [3.63, 3.8) is 0 Å². The van der Waals surface area contributed by atoms with Crippen molar-refractivity contribution in [2.24, 2.45) is 0 Å². The quantitative estimate of drug-likeness (QED) is 0.847. The van der Waals surface area contributed by atoms with Crippen molar-refractivity contribution < 1.29 is 8.42 Å². The lowest BCUT2D eigenvalue weighted by Crippen LogP contribution is -2.42. The maximum atomic E-state index is 12.8. The van der Waals surface area contributed by atoms with E-state index in [4.69, 9.17) is 5.73 Å². The highest BCUT2D eigenvalue weighted by molar-refractivity contribution is 7.89. The summed E-state index contributed by atoms with van der Waals surface area (Å²) in [6, 6.07) is 3.43. The molecule has 106 valence electrons. The third kappa shape index (κ3) is 2.37. The fourth-order valence-electron chi connectivity index (χ4n) is 2.68. The predicted octanol–water partition coefficient (Wildman–Crippen LogP) is 2.45. The van der Waals surface area contributed by atoms with Crippen LogP contribution in [0.4, 0.5) is 5.69 Å². The topological polar surface area (TPSA) is 63.4 Å². The maximum absolute atomic E-state index is 12.8. The summed E-state index contributed by atoms with van der Waals surface area (Å²) in [6.07, 6.45) is 1.79. The number of nitrogen functional groups attached to an aromatic ring is 1. The molecule has 0 spiro atoms. The van der Waals surface area contributed by atoms with E-state index in [0.717, 1.165) is 24.0 Å². The molecular weight excluding hydrogens is 260 g/mol. The van der Waals surface area contributed by atoms with E-state index in [1.807, 2.05) is 27.7 Å². The molecule has 19 heavy (non-hydrogen) atoms. The van der Waals surface area contributed by atoms with Crippen molar-refractivity contribution in [3.05, 3.63) is 23.3 Å². The van der Waals surface area contributed by atoms with Gasteiger partial charge in [-0.1, -0.05) is 0 Å². The molecule has 0 aliphatic carbocycles. The fraction of sp³-hybridized carbons (Fsp3) is 0.571. The average Bonchev–Trinajstić information content (AvgIpc) is 2.63. The number of rotatable bonds is 2. The smallest absolute Gasteiger partial charge is 0.245 e. The number of aryl methyl sites for hydroxylation is 2. The first-order valence-electron chi connectivity index (χ1n) is 6.56. The maximum Gasteiger partial charge on any atom is 0.245 e. The van der Waals surface area contributed by atoms with Gasteiger partial charge in [0.25, 0.3) is 0 Å². The zero-order valence-corrected chi connectivity index (χ0v) is 12.8. The van der Waals surface area contributed by atoms with Gasteiger partial charge in [0.2, 0.25) is 10.0 Å². The monoisotopic (exact) mass is 282 g/mol. The third-order valence-corrected chi connectivity index (χ3v) is 6.19. The van der Waals surface area contributed by atoms with Gasteiger partial charge in [0.1, 0.15) is 4.90 Å². The summed E-state index contributed by atoms with van der Waals surface area (Å²) >= 11 is 0. The van der Waals surface area contributed by atoms with Crippen LogP contribution in [-0.4, -0.2) is 24.8 Å². The Bertz CT molecular complexity index is 606. The minimum absolute atomic E-state index is 0.241. The molecule has 1 aromatic rings. The Labute approximate surface area is 115 Å². The Hall–Kier alpha value is -1.07. The summed E-state index contributed by atoms with van der Waals surface area (Å²) in [7, 11) is -3.51. The molecule has 4 nitrogen and oxygen atoms in total. The first-order chi connectivity index (χ1) is 8.66. The molecule has 1 aromatic carbocycles. The van der Waals surface area contributed by atoms with Crippen LogP contribution in [0.15, 0.2) is 17.0 Å². The lowest BCUT2D eigenvalue weighted by atomic mass is 10.0. The van der Waals surface area contributed by atoms with Gasteiger partial charge in [0.05, 0.1) is 5.69 Å². The Morgan fingerprint density at radius 2 is 1.79 bits per heavy atom. The average molecular weight is 282 g/mol. The van der Waals surface area contributed by atoms with Crippen molar-refractivity contribution >= 4 is 15.7 Å². The van der Waals surface area contributed by atoms with E-state index in [2.05, 4.69) is 0 Å². The number of benzene rings is 1. The van der Waals surface area contributed by atoms with Crippen molar-refractivity contribution in [1.29, 1.82) is 0 Å². The van der Waals surface area contributed by atoms with Gasteiger partial charge in [-0.25, -0.2) is 8.42 Å². The summed E-state index contributed by atoms with van der Waals surface area (Å²) in [4.78, 5) is 0.241. The lowest BCUT2D eigenvalue weighted by Gasteiger charge is -2.31. The third-order valence-electron chi connectivity index (χ3n) is 4.02. The SMILES string of the molecule is Cc1cc(N)c(S(=O)(=O)N2CCCC2(C)C)cc1C. The lowest BCUT2D eigenvalue weighted by molar-refractivity contribution is 0.292. The molecule has 0 atom stereocenters. The number of hydrogen-bond donors (Lipinski definition) is 1. The molecule has 0 radical (unpaired) electrons. The molecule has 0 aromatic heterocycles. The predicted molar refractivity (Wildman–Crippen MR) is 77.5 cm³/mol. The molecule has 1 aliphatic rings. The van der Waals surface area contributed by atoms with E-state index in [9.17, 15) is 8.42 Å².